The van der Waals surface area contributed by atoms with E-state index in [9.17, 15) is 9.59 Å². The molecule has 1 aromatic rings. The summed E-state index contributed by atoms with van der Waals surface area (Å²) in [6.45, 7) is 5.86. The molecule has 112 valence electrons. The Morgan fingerprint density at radius 3 is 2.65 bits per heavy atom. The molecule has 1 N–H and O–H groups in total. The number of hydrogen-bond acceptors (Lipinski definition) is 5. The van der Waals surface area contributed by atoms with Crippen LogP contribution in [0.1, 0.15) is 31.3 Å². The van der Waals surface area contributed by atoms with Crippen LogP contribution in [0.15, 0.2) is 0 Å². The van der Waals surface area contributed by atoms with Gasteiger partial charge in [-0.15, -0.1) is 0 Å². The molecule has 0 saturated carbocycles. The minimum Gasteiger partial charge on any atom is -0.468 e. The number of imidazole rings is 1. The normalized spacial score (nSPS) is 11.1. The first-order chi connectivity index (χ1) is 9.28. The van der Waals surface area contributed by atoms with Crippen LogP contribution in [0, 0.1) is 0 Å². The third-order valence-corrected chi connectivity index (χ3v) is 2.50. The summed E-state index contributed by atoms with van der Waals surface area (Å²) >= 11 is 5.80. The molecule has 0 unspecified atom stereocenters. The van der Waals surface area contributed by atoms with E-state index < -0.39 is 11.7 Å². The molecule has 1 rings (SSSR count). The van der Waals surface area contributed by atoms with Crippen LogP contribution in [-0.4, -0.2) is 41.2 Å². The molecule has 1 amide bonds. The van der Waals surface area contributed by atoms with Gasteiger partial charge in [-0.1, -0.05) is 11.6 Å². The zero-order valence-corrected chi connectivity index (χ0v) is 12.7. The number of carbonyl (C=O) groups excluding carboxylic acids is 2. The van der Waals surface area contributed by atoms with Gasteiger partial charge in [0.2, 0.25) is 0 Å². The van der Waals surface area contributed by atoms with E-state index in [-0.39, 0.29) is 29.9 Å². The smallest absolute Gasteiger partial charge is 0.407 e. The van der Waals surface area contributed by atoms with E-state index in [1.54, 1.807) is 20.8 Å². The number of ether oxygens (including phenoxy) is 2. The summed E-state index contributed by atoms with van der Waals surface area (Å²) in [7, 11) is 1.42. The number of amides is 1. The lowest BCUT2D eigenvalue weighted by Gasteiger charge is -2.19. The molecule has 0 spiro atoms. The van der Waals surface area contributed by atoms with E-state index in [4.69, 9.17) is 21.1 Å². The quantitative estimate of drug-likeness (QED) is 0.840. The number of methoxy groups -OCH3 is 1. The zero-order chi connectivity index (χ0) is 15.3. The van der Waals surface area contributed by atoms with Crippen molar-refractivity contribution in [3.63, 3.8) is 0 Å². The average molecular weight is 304 g/mol. The predicted octanol–water partition coefficient (Wildman–Crippen LogP) is 1.88. The highest BCUT2D eigenvalue weighted by Gasteiger charge is 2.18. The number of aromatic nitrogens is 2. The fourth-order valence-corrected chi connectivity index (χ4v) is 1.70. The van der Waals surface area contributed by atoms with Gasteiger partial charge in [-0.3, -0.25) is 9.36 Å². The molecule has 0 bridgehead atoms. The van der Waals surface area contributed by atoms with Gasteiger partial charge in [-0.25, -0.2) is 4.79 Å². The molecule has 7 nitrogen and oxygen atoms in total. The van der Waals surface area contributed by atoms with Gasteiger partial charge in [0.05, 0.1) is 7.11 Å². The van der Waals surface area contributed by atoms with Crippen molar-refractivity contribution in [1.82, 2.24) is 14.9 Å². The Hall–Kier alpha value is -1.76. The summed E-state index contributed by atoms with van der Waals surface area (Å²) in [5.41, 5.74) is -0.358. The Labute approximate surface area is 122 Å². The second kappa shape index (κ2) is 6.60. The Balaban J connectivity index is 2.62. The lowest BCUT2D eigenvalue weighted by Crippen LogP contribution is -2.34. The number of alkyl carbamates (subject to hydrolysis) is 1. The van der Waals surface area contributed by atoms with Crippen LogP contribution in [0.5, 0.6) is 6.01 Å². The van der Waals surface area contributed by atoms with Crippen molar-refractivity contribution in [1.29, 1.82) is 0 Å². The van der Waals surface area contributed by atoms with E-state index in [1.165, 1.54) is 11.7 Å². The summed E-state index contributed by atoms with van der Waals surface area (Å²) in [5, 5.41) is 2.64. The van der Waals surface area contributed by atoms with Crippen LogP contribution in [0.4, 0.5) is 4.79 Å². The van der Waals surface area contributed by atoms with Gasteiger partial charge in [0.15, 0.2) is 11.4 Å². The van der Waals surface area contributed by atoms with E-state index in [0.29, 0.717) is 6.29 Å². The number of rotatable bonds is 5. The van der Waals surface area contributed by atoms with Gasteiger partial charge in [0.25, 0.3) is 6.01 Å². The highest BCUT2D eigenvalue weighted by atomic mass is 35.5. The first-order valence-corrected chi connectivity index (χ1v) is 6.38. The van der Waals surface area contributed by atoms with Crippen LogP contribution in [0.25, 0.3) is 0 Å². The van der Waals surface area contributed by atoms with Crippen molar-refractivity contribution in [2.75, 3.05) is 13.7 Å². The van der Waals surface area contributed by atoms with E-state index in [2.05, 4.69) is 10.3 Å². The highest BCUT2D eigenvalue weighted by molar-refractivity contribution is 6.31. The summed E-state index contributed by atoms with van der Waals surface area (Å²) < 4.78 is 11.6. The minimum absolute atomic E-state index is 0.0640. The van der Waals surface area contributed by atoms with Crippen LogP contribution in [-0.2, 0) is 11.3 Å². The van der Waals surface area contributed by atoms with Gasteiger partial charge in [0, 0.05) is 13.1 Å². The number of nitrogens with one attached hydrogen (secondary N) is 1. The first kappa shape index (κ1) is 16.3. The SMILES string of the molecule is COc1nc(Cl)c(C=O)n1CCNC(=O)OC(C)(C)C. The fraction of sp³-hybridized carbons (Fsp3) is 0.583. The molecule has 20 heavy (non-hydrogen) atoms. The predicted molar refractivity (Wildman–Crippen MR) is 73.4 cm³/mol. The maximum atomic E-state index is 11.5. The molecule has 0 fully saturated rings. The molecular formula is C12H18ClN3O4. The summed E-state index contributed by atoms with van der Waals surface area (Å²) in [6, 6.07) is 0.211. The third-order valence-electron chi connectivity index (χ3n) is 2.22. The standard InChI is InChI=1S/C12H18ClN3O4/c1-12(2,3)20-11(18)14-5-6-16-8(7-17)9(13)15-10(16)19-4/h7H,5-6H2,1-4H3,(H,14,18). The summed E-state index contributed by atoms with van der Waals surface area (Å²) in [6.07, 6.45) is 0.0565. The summed E-state index contributed by atoms with van der Waals surface area (Å²) in [5.74, 6) is 0. The number of nitrogens with zero attached hydrogens (tertiary/aromatic N) is 2. The lowest BCUT2D eigenvalue weighted by molar-refractivity contribution is 0.0525. The zero-order valence-electron chi connectivity index (χ0n) is 11.9. The largest absolute Gasteiger partial charge is 0.468 e. The molecule has 0 saturated heterocycles. The minimum atomic E-state index is -0.561. The molecule has 0 aliphatic carbocycles. The van der Waals surface area contributed by atoms with E-state index in [1.807, 2.05) is 0 Å². The number of aldehydes is 1. The van der Waals surface area contributed by atoms with Crippen LogP contribution in [0.2, 0.25) is 5.15 Å². The van der Waals surface area contributed by atoms with Crippen molar-refractivity contribution < 1.29 is 19.1 Å². The molecule has 0 aliphatic rings. The highest BCUT2D eigenvalue weighted by Crippen LogP contribution is 2.20. The second-order valence-electron chi connectivity index (χ2n) is 4.97. The topological polar surface area (TPSA) is 82.5 Å². The van der Waals surface area contributed by atoms with Gasteiger partial charge >= 0.3 is 6.09 Å². The van der Waals surface area contributed by atoms with Gasteiger partial charge in [-0.05, 0) is 20.8 Å². The van der Waals surface area contributed by atoms with Crippen molar-refractivity contribution in [3.05, 3.63) is 10.8 Å². The van der Waals surface area contributed by atoms with Crippen LogP contribution < -0.4 is 10.1 Å². The van der Waals surface area contributed by atoms with Crippen molar-refractivity contribution in [2.24, 2.45) is 0 Å². The Morgan fingerprint density at radius 1 is 1.50 bits per heavy atom. The van der Waals surface area contributed by atoms with Crippen LogP contribution in [0.3, 0.4) is 0 Å². The Morgan fingerprint density at radius 2 is 2.15 bits per heavy atom. The molecule has 0 aliphatic heterocycles. The van der Waals surface area contributed by atoms with Gasteiger partial charge in [0.1, 0.15) is 11.3 Å². The third kappa shape index (κ3) is 4.41. The van der Waals surface area contributed by atoms with Gasteiger partial charge in [-0.2, -0.15) is 4.98 Å². The van der Waals surface area contributed by atoms with Crippen molar-refractivity contribution >= 4 is 24.0 Å². The molecule has 0 atom stereocenters. The molecule has 0 radical (unpaired) electrons. The Bertz CT molecular complexity index is 494. The first-order valence-electron chi connectivity index (χ1n) is 6.00. The molecule has 8 heteroatoms. The average Bonchev–Trinajstić information content (AvgIpc) is 2.62. The van der Waals surface area contributed by atoms with Crippen LogP contribution >= 0.6 is 11.6 Å². The van der Waals surface area contributed by atoms with E-state index >= 15 is 0 Å². The second-order valence-corrected chi connectivity index (χ2v) is 5.33. The van der Waals surface area contributed by atoms with Gasteiger partial charge < -0.3 is 14.8 Å². The maximum absolute atomic E-state index is 11.5. The molecular weight excluding hydrogens is 286 g/mol. The number of carbonyl (C=O) groups is 2. The monoisotopic (exact) mass is 303 g/mol. The number of hydrogen-bond donors (Lipinski definition) is 1. The van der Waals surface area contributed by atoms with E-state index in [0.717, 1.165) is 0 Å². The summed E-state index contributed by atoms with van der Waals surface area (Å²) in [4.78, 5) is 26.3. The molecule has 0 aromatic carbocycles. The maximum Gasteiger partial charge on any atom is 0.407 e. The lowest BCUT2D eigenvalue weighted by atomic mass is 10.2. The van der Waals surface area contributed by atoms with Crippen molar-refractivity contribution in [3.8, 4) is 6.01 Å². The fourth-order valence-electron chi connectivity index (χ4n) is 1.48. The molecule has 1 heterocycles. The Kier molecular flexibility index (Phi) is 5.38. The molecule has 1 aromatic heterocycles. The number of halogens is 1. The van der Waals surface area contributed by atoms with Crippen molar-refractivity contribution in [2.45, 2.75) is 32.9 Å².